The van der Waals surface area contributed by atoms with Crippen LogP contribution in [0.5, 0.6) is 0 Å². The molecule has 3 rings (SSSR count). The quantitative estimate of drug-likeness (QED) is 0.364. The van der Waals surface area contributed by atoms with Gasteiger partial charge in [0.1, 0.15) is 11.9 Å². The molecule has 0 spiro atoms. The molecule has 0 aliphatic carbocycles. The summed E-state index contributed by atoms with van der Waals surface area (Å²) in [5.74, 6) is -0.738. The summed E-state index contributed by atoms with van der Waals surface area (Å²) >= 11 is 6.05. The first-order valence-corrected chi connectivity index (χ1v) is 11.9. The lowest BCUT2D eigenvalue weighted by molar-refractivity contribution is -0.140. The number of hydrogen-bond donors (Lipinski definition) is 1. The number of carbonyl (C=O) groups excluding carboxylic acids is 2. The van der Waals surface area contributed by atoms with Crippen LogP contribution in [-0.2, 0) is 29.0 Å². The van der Waals surface area contributed by atoms with Crippen molar-refractivity contribution in [1.29, 1.82) is 0 Å². The zero-order valence-corrected chi connectivity index (χ0v) is 20.1. The molecule has 2 amide bonds. The van der Waals surface area contributed by atoms with Crippen LogP contribution < -0.4 is 5.32 Å². The molecule has 0 bridgehead atoms. The van der Waals surface area contributed by atoms with Gasteiger partial charge in [0, 0.05) is 24.5 Å². The van der Waals surface area contributed by atoms with Gasteiger partial charge in [-0.3, -0.25) is 9.59 Å². The number of unbranched alkanes of at least 4 members (excludes halogenated alkanes) is 1. The van der Waals surface area contributed by atoms with Gasteiger partial charge in [-0.1, -0.05) is 79.5 Å². The van der Waals surface area contributed by atoms with E-state index in [9.17, 15) is 14.0 Å². The number of rotatable bonds is 11. The van der Waals surface area contributed by atoms with Gasteiger partial charge in [0.15, 0.2) is 0 Å². The first kappa shape index (κ1) is 25.4. The van der Waals surface area contributed by atoms with Gasteiger partial charge in [-0.15, -0.1) is 0 Å². The Morgan fingerprint density at radius 1 is 0.912 bits per heavy atom. The second-order valence-corrected chi connectivity index (χ2v) is 8.74. The Hall–Kier alpha value is -3.18. The third-order valence-electron chi connectivity index (χ3n) is 5.64. The van der Waals surface area contributed by atoms with E-state index in [0.717, 1.165) is 24.0 Å². The number of halogens is 2. The van der Waals surface area contributed by atoms with Crippen molar-refractivity contribution in [3.8, 4) is 0 Å². The number of nitrogens with one attached hydrogen (secondary N) is 1. The summed E-state index contributed by atoms with van der Waals surface area (Å²) in [5, 5.41) is 3.60. The van der Waals surface area contributed by atoms with Crippen LogP contribution in [0.2, 0.25) is 5.02 Å². The molecule has 1 unspecified atom stereocenters. The Bertz CT molecular complexity index is 1060. The fraction of sp³-hybridized carbons (Fsp3) is 0.286. The van der Waals surface area contributed by atoms with Crippen LogP contribution in [0.3, 0.4) is 0 Å². The second kappa shape index (κ2) is 12.9. The second-order valence-electron chi connectivity index (χ2n) is 8.30. The summed E-state index contributed by atoms with van der Waals surface area (Å²) < 4.78 is 13.4. The highest BCUT2D eigenvalue weighted by Gasteiger charge is 2.30. The summed E-state index contributed by atoms with van der Waals surface area (Å²) in [6, 6.07) is 22.1. The molecule has 1 atom stereocenters. The molecule has 0 saturated carbocycles. The van der Waals surface area contributed by atoms with Crippen molar-refractivity contribution in [2.24, 2.45) is 0 Å². The lowest BCUT2D eigenvalue weighted by atomic mass is 10.0. The van der Waals surface area contributed by atoms with E-state index < -0.39 is 6.04 Å². The largest absolute Gasteiger partial charge is 0.354 e. The van der Waals surface area contributed by atoms with E-state index in [1.165, 1.54) is 12.1 Å². The third-order valence-corrected chi connectivity index (χ3v) is 5.89. The van der Waals surface area contributed by atoms with Crippen molar-refractivity contribution in [2.75, 3.05) is 6.54 Å². The van der Waals surface area contributed by atoms with Gasteiger partial charge in [0.05, 0.1) is 6.42 Å². The molecule has 0 aliphatic heterocycles. The summed E-state index contributed by atoms with van der Waals surface area (Å²) in [6.07, 6.45) is 2.29. The number of benzene rings is 3. The van der Waals surface area contributed by atoms with Gasteiger partial charge in [0.25, 0.3) is 0 Å². The van der Waals surface area contributed by atoms with Crippen molar-refractivity contribution in [3.63, 3.8) is 0 Å². The molecule has 0 saturated heterocycles. The van der Waals surface area contributed by atoms with Crippen LogP contribution in [0.25, 0.3) is 0 Å². The molecule has 1 N–H and O–H groups in total. The van der Waals surface area contributed by atoms with Crippen LogP contribution in [-0.4, -0.2) is 29.3 Å². The zero-order valence-electron chi connectivity index (χ0n) is 19.3. The van der Waals surface area contributed by atoms with E-state index in [2.05, 4.69) is 12.2 Å². The summed E-state index contributed by atoms with van der Waals surface area (Å²) in [6.45, 7) is 2.88. The topological polar surface area (TPSA) is 49.4 Å². The Labute approximate surface area is 205 Å². The molecule has 6 heteroatoms. The van der Waals surface area contributed by atoms with E-state index in [1.54, 1.807) is 29.2 Å². The van der Waals surface area contributed by atoms with Crippen molar-refractivity contribution < 1.29 is 14.0 Å². The lowest BCUT2D eigenvalue weighted by Gasteiger charge is -2.31. The minimum Gasteiger partial charge on any atom is -0.354 e. The van der Waals surface area contributed by atoms with E-state index in [0.29, 0.717) is 23.6 Å². The molecule has 4 nitrogen and oxygen atoms in total. The molecule has 178 valence electrons. The highest BCUT2D eigenvalue weighted by Crippen LogP contribution is 2.18. The average Bonchev–Trinajstić information content (AvgIpc) is 2.84. The van der Waals surface area contributed by atoms with E-state index in [1.807, 2.05) is 42.5 Å². The minimum absolute atomic E-state index is 0.0708. The van der Waals surface area contributed by atoms with Crippen molar-refractivity contribution >= 4 is 23.4 Å². The number of nitrogens with zero attached hydrogens (tertiary/aromatic N) is 1. The molecule has 3 aromatic carbocycles. The maximum atomic E-state index is 13.6. The van der Waals surface area contributed by atoms with Crippen LogP contribution in [0, 0.1) is 5.82 Å². The average molecular weight is 481 g/mol. The molecule has 0 heterocycles. The normalized spacial score (nSPS) is 11.6. The standard InChI is InChI=1S/C28H30ClFN2O2/c1-2-3-17-31-28(34)26(18-21-7-5-4-6-8-21)32(20-23-9-13-24(29)14-10-23)27(33)19-22-11-15-25(30)16-12-22/h4-16,26H,2-3,17-20H2,1H3,(H,31,34). The maximum Gasteiger partial charge on any atom is 0.243 e. The first-order chi connectivity index (χ1) is 16.5. The maximum absolute atomic E-state index is 13.6. The van der Waals surface area contributed by atoms with Crippen LogP contribution in [0.15, 0.2) is 78.9 Å². The van der Waals surface area contributed by atoms with E-state index in [-0.39, 0.29) is 30.6 Å². The number of carbonyl (C=O) groups is 2. The van der Waals surface area contributed by atoms with Gasteiger partial charge in [-0.05, 0) is 47.4 Å². The van der Waals surface area contributed by atoms with E-state index >= 15 is 0 Å². The minimum atomic E-state index is -0.692. The molecule has 0 fully saturated rings. The number of hydrogen-bond acceptors (Lipinski definition) is 2. The first-order valence-electron chi connectivity index (χ1n) is 11.6. The fourth-order valence-corrected chi connectivity index (χ4v) is 3.85. The molecular formula is C28H30ClFN2O2. The SMILES string of the molecule is CCCCNC(=O)C(Cc1ccccc1)N(Cc1ccc(Cl)cc1)C(=O)Cc1ccc(F)cc1. The Balaban J connectivity index is 1.92. The molecule has 3 aromatic rings. The number of amides is 2. The van der Waals surface area contributed by atoms with Gasteiger partial charge in [-0.2, -0.15) is 0 Å². The molecule has 0 radical (unpaired) electrons. The fourth-order valence-electron chi connectivity index (χ4n) is 3.73. The lowest BCUT2D eigenvalue weighted by Crippen LogP contribution is -2.51. The van der Waals surface area contributed by atoms with Crippen LogP contribution >= 0.6 is 11.6 Å². The predicted molar refractivity (Wildman–Crippen MR) is 134 cm³/mol. The van der Waals surface area contributed by atoms with Crippen molar-refractivity contribution in [2.45, 2.75) is 45.2 Å². The van der Waals surface area contributed by atoms with Gasteiger partial charge in [-0.25, -0.2) is 4.39 Å². The zero-order chi connectivity index (χ0) is 24.3. The Morgan fingerprint density at radius 2 is 1.56 bits per heavy atom. The molecule has 0 aliphatic rings. The highest BCUT2D eigenvalue weighted by molar-refractivity contribution is 6.30. The van der Waals surface area contributed by atoms with Gasteiger partial charge < -0.3 is 10.2 Å². The monoisotopic (exact) mass is 480 g/mol. The van der Waals surface area contributed by atoms with Crippen LogP contribution in [0.4, 0.5) is 4.39 Å². The summed E-state index contributed by atoms with van der Waals surface area (Å²) in [5.41, 5.74) is 2.53. The smallest absolute Gasteiger partial charge is 0.243 e. The van der Waals surface area contributed by atoms with Gasteiger partial charge in [0.2, 0.25) is 11.8 Å². The summed E-state index contributed by atoms with van der Waals surface area (Å²) in [4.78, 5) is 28.5. The van der Waals surface area contributed by atoms with Crippen LogP contribution in [0.1, 0.15) is 36.5 Å². The van der Waals surface area contributed by atoms with Crippen molar-refractivity contribution in [1.82, 2.24) is 10.2 Å². The highest BCUT2D eigenvalue weighted by atomic mass is 35.5. The Morgan fingerprint density at radius 3 is 2.21 bits per heavy atom. The molecule has 34 heavy (non-hydrogen) atoms. The molecular weight excluding hydrogens is 451 g/mol. The van der Waals surface area contributed by atoms with E-state index in [4.69, 9.17) is 11.6 Å². The third kappa shape index (κ3) is 7.70. The Kier molecular flexibility index (Phi) is 9.65. The summed E-state index contributed by atoms with van der Waals surface area (Å²) in [7, 11) is 0. The van der Waals surface area contributed by atoms with Gasteiger partial charge >= 0.3 is 0 Å². The van der Waals surface area contributed by atoms with Crippen molar-refractivity contribution in [3.05, 3.63) is 106 Å². The molecule has 0 aromatic heterocycles. The predicted octanol–water partition coefficient (Wildman–Crippen LogP) is 5.58.